The number of rotatable bonds is 1. The summed E-state index contributed by atoms with van der Waals surface area (Å²) < 4.78 is 1.43. The molecule has 0 amide bonds. The summed E-state index contributed by atoms with van der Waals surface area (Å²) in [5.41, 5.74) is -0.0247. The molecule has 7 heteroatoms. The van der Waals surface area contributed by atoms with Crippen molar-refractivity contribution in [2.45, 2.75) is 0 Å². The summed E-state index contributed by atoms with van der Waals surface area (Å²) in [6.45, 7) is 0. The fourth-order valence-corrected chi connectivity index (χ4v) is 2.01. The van der Waals surface area contributed by atoms with E-state index < -0.39 is 5.69 Å². The maximum Gasteiger partial charge on any atom is 0.347 e. The highest BCUT2D eigenvalue weighted by Crippen LogP contribution is 2.26. The lowest BCUT2D eigenvalue weighted by Crippen LogP contribution is -2.15. The first kappa shape index (κ1) is 10.5. The maximum absolute atomic E-state index is 11.4. The van der Waals surface area contributed by atoms with Crippen LogP contribution in [0.25, 0.3) is 5.69 Å². The minimum atomic E-state index is -0.407. The van der Waals surface area contributed by atoms with Crippen molar-refractivity contribution in [3.8, 4) is 5.69 Å². The lowest BCUT2D eigenvalue weighted by Gasteiger charge is -2.05. The summed E-state index contributed by atoms with van der Waals surface area (Å²) >= 11 is 16.8. The van der Waals surface area contributed by atoms with E-state index in [0.29, 0.717) is 15.7 Å². The van der Waals surface area contributed by atoms with Crippen LogP contribution in [-0.2, 0) is 0 Å². The van der Waals surface area contributed by atoms with E-state index in [4.69, 9.17) is 35.4 Å². The van der Waals surface area contributed by atoms with Gasteiger partial charge < -0.3 is 0 Å². The zero-order valence-corrected chi connectivity index (χ0v) is 9.58. The van der Waals surface area contributed by atoms with Crippen molar-refractivity contribution in [3.05, 3.63) is 43.5 Å². The smallest absolute Gasteiger partial charge is 0.272 e. The summed E-state index contributed by atoms with van der Waals surface area (Å²) in [6.07, 6.45) is 0. The molecule has 0 saturated heterocycles. The average Bonchev–Trinajstić information content (AvgIpc) is 2.49. The van der Waals surface area contributed by atoms with Gasteiger partial charge in [-0.05, 0) is 24.4 Å². The second kappa shape index (κ2) is 3.84. The van der Waals surface area contributed by atoms with Crippen LogP contribution in [0.1, 0.15) is 0 Å². The molecule has 78 valence electrons. The van der Waals surface area contributed by atoms with Crippen LogP contribution >= 0.6 is 35.4 Å². The zero-order valence-electron chi connectivity index (χ0n) is 7.25. The summed E-state index contributed by atoms with van der Waals surface area (Å²) in [4.78, 5) is 11.4. The van der Waals surface area contributed by atoms with E-state index in [0.717, 1.165) is 0 Å². The normalized spacial score (nSPS) is 10.5. The number of aromatic nitrogens is 3. The Balaban J connectivity index is 2.86. The molecular weight excluding hydrogens is 257 g/mol. The third-order valence-electron chi connectivity index (χ3n) is 1.84. The van der Waals surface area contributed by atoms with Gasteiger partial charge in [0.1, 0.15) is 0 Å². The van der Waals surface area contributed by atoms with Gasteiger partial charge in [-0.3, -0.25) is 5.10 Å². The quantitative estimate of drug-likeness (QED) is 0.776. The lowest BCUT2D eigenvalue weighted by atomic mass is 10.3. The highest BCUT2D eigenvalue weighted by molar-refractivity contribution is 7.71. The van der Waals surface area contributed by atoms with Crippen molar-refractivity contribution in [2.24, 2.45) is 0 Å². The Morgan fingerprint density at radius 1 is 1.20 bits per heavy atom. The van der Waals surface area contributed by atoms with Crippen LogP contribution in [0.4, 0.5) is 0 Å². The minimum absolute atomic E-state index is 0.218. The predicted molar refractivity (Wildman–Crippen MR) is 61.6 cm³/mol. The summed E-state index contributed by atoms with van der Waals surface area (Å²) in [5.74, 6) is 0. The number of H-pyrrole nitrogens is 2. The lowest BCUT2D eigenvalue weighted by molar-refractivity contribution is 0.976. The Bertz CT molecular complexity index is 565. The number of hydrogen-bond donors (Lipinski definition) is 2. The van der Waals surface area contributed by atoms with Gasteiger partial charge in [-0.15, -0.1) is 0 Å². The van der Waals surface area contributed by atoms with Gasteiger partial charge in [-0.1, -0.05) is 29.3 Å². The van der Waals surface area contributed by atoms with Gasteiger partial charge in [0.25, 0.3) is 0 Å². The first-order chi connectivity index (χ1) is 7.11. The Hall–Kier alpha value is -1.04. The van der Waals surface area contributed by atoms with Crippen LogP contribution in [-0.4, -0.2) is 14.8 Å². The number of benzene rings is 1. The molecule has 0 aliphatic carbocycles. The number of aromatic amines is 2. The molecule has 1 aromatic heterocycles. The summed E-state index contributed by atoms with van der Waals surface area (Å²) in [7, 11) is 0. The molecule has 0 spiro atoms. The van der Waals surface area contributed by atoms with Gasteiger partial charge in [0.2, 0.25) is 4.77 Å². The molecule has 1 aromatic carbocycles. The van der Waals surface area contributed by atoms with Crippen LogP contribution in [0.3, 0.4) is 0 Å². The van der Waals surface area contributed by atoms with Crippen molar-refractivity contribution in [3.63, 3.8) is 0 Å². The molecule has 4 nitrogen and oxygen atoms in total. The van der Waals surface area contributed by atoms with Crippen LogP contribution in [0, 0.1) is 4.77 Å². The van der Waals surface area contributed by atoms with E-state index >= 15 is 0 Å². The van der Waals surface area contributed by atoms with Gasteiger partial charge in [-0.25, -0.2) is 14.5 Å². The Labute approximate surface area is 99.4 Å². The first-order valence-electron chi connectivity index (χ1n) is 3.95. The monoisotopic (exact) mass is 261 g/mol. The highest BCUT2D eigenvalue weighted by atomic mass is 35.5. The molecule has 0 aliphatic rings. The summed E-state index contributed by atoms with van der Waals surface area (Å²) in [5, 5.41) is 5.59. The standard InChI is InChI=1S/C8H5Cl2N3OS/c9-4-2-1-3-5(10)6(4)13-7(14)11-12-8(13)15/h1-3H,(H,11,14)(H,12,15). The first-order valence-corrected chi connectivity index (χ1v) is 5.12. The molecule has 0 fully saturated rings. The van der Waals surface area contributed by atoms with E-state index in [1.807, 2.05) is 0 Å². The SMILES string of the molecule is O=c1[nH][nH]c(=S)n1-c1c(Cl)cccc1Cl. The van der Waals surface area contributed by atoms with Gasteiger partial charge in [-0.2, -0.15) is 0 Å². The van der Waals surface area contributed by atoms with Crippen LogP contribution < -0.4 is 5.69 Å². The second-order valence-electron chi connectivity index (χ2n) is 2.77. The van der Waals surface area contributed by atoms with E-state index in [1.165, 1.54) is 4.57 Å². The number of hydrogen-bond acceptors (Lipinski definition) is 2. The van der Waals surface area contributed by atoms with Crippen molar-refractivity contribution in [1.82, 2.24) is 14.8 Å². The van der Waals surface area contributed by atoms with E-state index in [-0.39, 0.29) is 4.77 Å². The molecule has 2 N–H and O–H groups in total. The topological polar surface area (TPSA) is 53.6 Å². The average molecular weight is 262 g/mol. The fourth-order valence-electron chi connectivity index (χ4n) is 1.22. The minimum Gasteiger partial charge on any atom is -0.272 e. The molecule has 0 aliphatic heterocycles. The highest BCUT2D eigenvalue weighted by Gasteiger charge is 2.11. The molecule has 2 rings (SSSR count). The van der Waals surface area contributed by atoms with Crippen molar-refractivity contribution in [2.75, 3.05) is 0 Å². The molecule has 0 radical (unpaired) electrons. The van der Waals surface area contributed by atoms with Gasteiger partial charge >= 0.3 is 5.69 Å². The molecule has 0 atom stereocenters. The number of nitrogens with one attached hydrogen (secondary N) is 2. The number of halogens is 2. The summed E-state index contributed by atoms with van der Waals surface area (Å²) in [6, 6.07) is 4.96. The van der Waals surface area contributed by atoms with E-state index in [2.05, 4.69) is 10.2 Å². The van der Waals surface area contributed by atoms with Crippen molar-refractivity contribution in [1.29, 1.82) is 0 Å². The Kier molecular flexibility index (Phi) is 2.68. The molecular formula is C8H5Cl2N3OS. The molecule has 15 heavy (non-hydrogen) atoms. The Morgan fingerprint density at radius 2 is 1.80 bits per heavy atom. The van der Waals surface area contributed by atoms with E-state index in [1.54, 1.807) is 18.2 Å². The van der Waals surface area contributed by atoms with Crippen molar-refractivity contribution >= 4 is 35.4 Å². The second-order valence-corrected chi connectivity index (χ2v) is 3.97. The third kappa shape index (κ3) is 1.73. The molecule has 0 unspecified atom stereocenters. The molecule has 0 bridgehead atoms. The van der Waals surface area contributed by atoms with Crippen LogP contribution in [0.5, 0.6) is 0 Å². The number of nitrogens with zero attached hydrogens (tertiary/aromatic N) is 1. The maximum atomic E-state index is 11.4. The van der Waals surface area contributed by atoms with Gasteiger partial charge in [0, 0.05) is 0 Å². The fraction of sp³-hybridized carbons (Fsp3) is 0. The van der Waals surface area contributed by atoms with Crippen LogP contribution in [0.15, 0.2) is 23.0 Å². The molecule has 1 heterocycles. The molecule has 0 saturated carbocycles. The van der Waals surface area contributed by atoms with Gasteiger partial charge in [0.05, 0.1) is 15.7 Å². The van der Waals surface area contributed by atoms with Crippen LogP contribution in [0.2, 0.25) is 10.0 Å². The number of para-hydroxylation sites is 1. The van der Waals surface area contributed by atoms with E-state index in [9.17, 15) is 4.79 Å². The van der Waals surface area contributed by atoms with Gasteiger partial charge in [0.15, 0.2) is 0 Å². The molecule has 2 aromatic rings. The predicted octanol–water partition coefficient (Wildman–Crippen LogP) is 2.53. The largest absolute Gasteiger partial charge is 0.347 e. The zero-order chi connectivity index (χ0) is 11.0. The Morgan fingerprint density at radius 3 is 2.27 bits per heavy atom. The van der Waals surface area contributed by atoms with Crippen molar-refractivity contribution < 1.29 is 0 Å². The third-order valence-corrected chi connectivity index (χ3v) is 2.74.